The van der Waals surface area contributed by atoms with Crippen LogP contribution in [-0.2, 0) is 4.79 Å². The lowest BCUT2D eigenvalue weighted by atomic mass is 10.1. The second-order valence-electron chi connectivity index (χ2n) is 5.13. The zero-order valence-corrected chi connectivity index (χ0v) is 12.4. The molecule has 0 bridgehead atoms. The minimum absolute atomic E-state index is 0.0171. The first-order chi connectivity index (χ1) is 10.3. The fourth-order valence-corrected chi connectivity index (χ4v) is 2.52. The maximum absolute atomic E-state index is 12.1. The quantitative estimate of drug-likeness (QED) is 0.515. The number of oxime groups is 1. The molecule has 1 N–H and O–H groups in total. The number of hydrogen-bond acceptors (Lipinski definition) is 4. The van der Waals surface area contributed by atoms with Crippen molar-refractivity contribution in [3.05, 3.63) is 29.8 Å². The number of likely N-dealkylation sites (tertiary alicyclic amines) is 1. The third-order valence-corrected chi connectivity index (χ3v) is 3.71. The summed E-state index contributed by atoms with van der Waals surface area (Å²) in [6, 6.07) is 7.32. The number of benzene rings is 1. The molecule has 1 aromatic carbocycles. The van der Waals surface area contributed by atoms with Gasteiger partial charge in [0.05, 0.1) is 5.71 Å². The summed E-state index contributed by atoms with van der Waals surface area (Å²) in [7, 11) is 0. The smallest absolute Gasteiger partial charge is 0.260 e. The topological polar surface area (TPSA) is 62.1 Å². The summed E-state index contributed by atoms with van der Waals surface area (Å²) in [6.45, 7) is 3.58. The van der Waals surface area contributed by atoms with E-state index in [4.69, 9.17) is 9.94 Å². The van der Waals surface area contributed by atoms with E-state index in [1.807, 2.05) is 30.0 Å². The van der Waals surface area contributed by atoms with Crippen LogP contribution in [0.1, 0.15) is 38.2 Å². The second-order valence-corrected chi connectivity index (χ2v) is 5.13. The number of rotatable bonds is 5. The largest absolute Gasteiger partial charge is 0.483 e. The van der Waals surface area contributed by atoms with Crippen molar-refractivity contribution in [2.24, 2.45) is 5.16 Å². The van der Waals surface area contributed by atoms with Gasteiger partial charge in [-0.3, -0.25) is 4.79 Å². The van der Waals surface area contributed by atoms with Crippen LogP contribution in [0.3, 0.4) is 0 Å². The Morgan fingerprint density at radius 3 is 2.67 bits per heavy atom. The molecule has 1 aliphatic rings. The first-order valence-electron chi connectivity index (χ1n) is 7.47. The molecule has 1 saturated heterocycles. The lowest BCUT2D eigenvalue weighted by Gasteiger charge is -2.26. The maximum Gasteiger partial charge on any atom is 0.260 e. The number of carbonyl (C=O) groups is 1. The van der Waals surface area contributed by atoms with E-state index in [1.54, 1.807) is 6.07 Å². The molecule has 5 heteroatoms. The molecule has 1 aliphatic heterocycles. The van der Waals surface area contributed by atoms with Crippen molar-refractivity contribution < 1.29 is 14.7 Å². The number of hydrogen-bond donors (Lipinski definition) is 1. The van der Waals surface area contributed by atoms with Gasteiger partial charge in [0, 0.05) is 18.7 Å². The van der Waals surface area contributed by atoms with E-state index in [0.29, 0.717) is 17.9 Å². The monoisotopic (exact) mass is 290 g/mol. The van der Waals surface area contributed by atoms with Crippen molar-refractivity contribution in [1.82, 2.24) is 4.90 Å². The second kappa shape index (κ2) is 7.67. The van der Waals surface area contributed by atoms with Crippen LogP contribution in [0, 0.1) is 0 Å². The highest BCUT2D eigenvalue weighted by atomic mass is 16.5. The molecule has 1 heterocycles. The van der Waals surface area contributed by atoms with Gasteiger partial charge in [0.25, 0.3) is 5.91 Å². The van der Waals surface area contributed by atoms with Crippen LogP contribution in [0.5, 0.6) is 5.75 Å². The maximum atomic E-state index is 12.1. The molecule has 0 aliphatic carbocycles. The van der Waals surface area contributed by atoms with Crippen LogP contribution in [-0.4, -0.2) is 41.4 Å². The van der Waals surface area contributed by atoms with Gasteiger partial charge in [-0.15, -0.1) is 0 Å². The summed E-state index contributed by atoms with van der Waals surface area (Å²) in [6.07, 6.45) is 3.93. The Balaban J connectivity index is 2.01. The summed E-state index contributed by atoms with van der Waals surface area (Å²) in [5.41, 5.74) is 1.28. The number of para-hydroxylation sites is 1. The Bertz CT molecular complexity index is 508. The lowest BCUT2D eigenvalue weighted by molar-refractivity contribution is -0.134. The molecule has 0 aromatic heterocycles. The van der Waals surface area contributed by atoms with E-state index >= 15 is 0 Å². The predicted octanol–water partition coefficient (Wildman–Crippen LogP) is 2.67. The van der Waals surface area contributed by atoms with Crippen LogP contribution < -0.4 is 4.74 Å². The van der Waals surface area contributed by atoms with Gasteiger partial charge < -0.3 is 14.8 Å². The van der Waals surface area contributed by atoms with Crippen LogP contribution in [0.15, 0.2) is 29.4 Å². The highest BCUT2D eigenvalue weighted by Gasteiger charge is 2.17. The Labute approximate surface area is 125 Å². The van der Waals surface area contributed by atoms with E-state index in [9.17, 15) is 4.79 Å². The highest BCUT2D eigenvalue weighted by Crippen LogP contribution is 2.20. The summed E-state index contributed by atoms with van der Waals surface area (Å²) in [5.74, 6) is 0.598. The van der Waals surface area contributed by atoms with E-state index in [2.05, 4.69) is 5.16 Å². The van der Waals surface area contributed by atoms with Crippen molar-refractivity contribution in [1.29, 1.82) is 0 Å². The van der Waals surface area contributed by atoms with Crippen molar-refractivity contribution >= 4 is 11.6 Å². The van der Waals surface area contributed by atoms with E-state index in [-0.39, 0.29) is 12.5 Å². The van der Waals surface area contributed by atoms with Crippen LogP contribution in [0.2, 0.25) is 0 Å². The Kier molecular flexibility index (Phi) is 5.60. The number of nitrogens with zero attached hydrogens (tertiary/aromatic N) is 2. The van der Waals surface area contributed by atoms with Crippen LogP contribution in [0.4, 0.5) is 0 Å². The number of ether oxygens (including phenoxy) is 1. The van der Waals surface area contributed by atoms with Gasteiger partial charge in [0.15, 0.2) is 6.61 Å². The summed E-state index contributed by atoms with van der Waals surface area (Å²) in [5, 5.41) is 12.3. The standard InChI is InChI=1S/C16H22N2O3/c1-2-14(17-20)13-8-4-5-9-15(13)21-12-16(19)18-10-6-3-7-11-18/h4-5,8-9,20H,2-3,6-7,10-12H2,1H3/b17-14+. The fraction of sp³-hybridized carbons (Fsp3) is 0.500. The van der Waals surface area contributed by atoms with Gasteiger partial charge >= 0.3 is 0 Å². The van der Waals surface area contributed by atoms with Gasteiger partial charge in [0.2, 0.25) is 0 Å². The SMILES string of the molecule is CC/C(=N\O)c1ccccc1OCC(=O)N1CCCCC1. The van der Waals surface area contributed by atoms with Gasteiger partial charge in [-0.1, -0.05) is 24.2 Å². The molecule has 0 spiro atoms. The molecule has 1 fully saturated rings. The summed E-state index contributed by atoms with van der Waals surface area (Å²) in [4.78, 5) is 14.0. The molecule has 1 aromatic rings. The zero-order valence-electron chi connectivity index (χ0n) is 12.4. The first kappa shape index (κ1) is 15.4. The van der Waals surface area contributed by atoms with Crippen LogP contribution >= 0.6 is 0 Å². The fourth-order valence-electron chi connectivity index (χ4n) is 2.52. The van der Waals surface area contributed by atoms with E-state index < -0.39 is 0 Å². The van der Waals surface area contributed by atoms with Crippen molar-refractivity contribution in [3.63, 3.8) is 0 Å². The van der Waals surface area contributed by atoms with Gasteiger partial charge in [0.1, 0.15) is 5.75 Å². The molecule has 0 unspecified atom stereocenters. The molecular weight excluding hydrogens is 268 g/mol. The van der Waals surface area contributed by atoms with E-state index in [1.165, 1.54) is 6.42 Å². The number of amides is 1. The molecule has 0 atom stereocenters. The zero-order chi connectivity index (χ0) is 15.1. The minimum atomic E-state index is 0.0171. The van der Waals surface area contributed by atoms with Crippen molar-refractivity contribution in [2.45, 2.75) is 32.6 Å². The molecule has 2 rings (SSSR count). The molecule has 5 nitrogen and oxygen atoms in total. The van der Waals surface area contributed by atoms with Gasteiger partial charge in [-0.2, -0.15) is 0 Å². The molecule has 0 radical (unpaired) electrons. The average molecular weight is 290 g/mol. The Hall–Kier alpha value is -2.04. The third kappa shape index (κ3) is 3.97. The Morgan fingerprint density at radius 2 is 2.00 bits per heavy atom. The average Bonchev–Trinajstić information content (AvgIpc) is 2.55. The molecule has 21 heavy (non-hydrogen) atoms. The first-order valence-corrected chi connectivity index (χ1v) is 7.47. The number of carbonyl (C=O) groups excluding carboxylic acids is 1. The normalized spacial score (nSPS) is 15.9. The molecule has 114 valence electrons. The molecule has 0 saturated carbocycles. The summed E-state index contributed by atoms with van der Waals surface area (Å²) >= 11 is 0. The highest BCUT2D eigenvalue weighted by molar-refractivity contribution is 6.02. The van der Waals surface area contributed by atoms with Crippen LogP contribution in [0.25, 0.3) is 0 Å². The van der Waals surface area contributed by atoms with Gasteiger partial charge in [-0.05, 0) is 37.8 Å². The predicted molar refractivity (Wildman–Crippen MR) is 81.0 cm³/mol. The summed E-state index contributed by atoms with van der Waals surface area (Å²) < 4.78 is 5.65. The molecular formula is C16H22N2O3. The minimum Gasteiger partial charge on any atom is -0.483 e. The van der Waals surface area contributed by atoms with Crippen molar-refractivity contribution in [3.8, 4) is 5.75 Å². The van der Waals surface area contributed by atoms with Gasteiger partial charge in [-0.25, -0.2) is 0 Å². The molecule has 1 amide bonds. The lowest BCUT2D eigenvalue weighted by Crippen LogP contribution is -2.38. The van der Waals surface area contributed by atoms with E-state index in [0.717, 1.165) is 31.5 Å². The van der Waals surface area contributed by atoms with Crippen molar-refractivity contribution in [2.75, 3.05) is 19.7 Å². The third-order valence-electron chi connectivity index (χ3n) is 3.71. The Morgan fingerprint density at radius 1 is 1.29 bits per heavy atom. The number of piperidine rings is 1.